The highest BCUT2D eigenvalue weighted by molar-refractivity contribution is 6.33. The maximum Gasteiger partial charge on any atom is 0.206 e. The van der Waals surface area contributed by atoms with Gasteiger partial charge in [0.25, 0.3) is 0 Å². The first kappa shape index (κ1) is 29.6. The lowest BCUT2D eigenvalue weighted by molar-refractivity contribution is -0.194. The van der Waals surface area contributed by atoms with E-state index in [1.54, 1.807) is 13.8 Å². The number of carbonyl (C=O) groups excluding carboxylic acids is 3. The number of allylic oxidation sites excluding steroid dienone is 1. The molecule has 0 aliphatic heterocycles. The molecule has 226 valence electrons. The van der Waals surface area contributed by atoms with E-state index in [0.29, 0.717) is 16.7 Å². The van der Waals surface area contributed by atoms with Crippen molar-refractivity contribution in [3.05, 3.63) is 69.3 Å². The zero-order chi connectivity index (χ0) is 31.5. The van der Waals surface area contributed by atoms with Crippen LogP contribution in [0.5, 0.6) is 5.75 Å². The van der Waals surface area contributed by atoms with Gasteiger partial charge in [0.15, 0.2) is 11.4 Å². The fourth-order valence-electron chi connectivity index (χ4n) is 9.85. The van der Waals surface area contributed by atoms with Crippen molar-refractivity contribution in [1.82, 2.24) is 0 Å². The molecule has 2 aromatic rings. The van der Waals surface area contributed by atoms with Crippen molar-refractivity contribution in [2.45, 2.75) is 86.2 Å². The van der Waals surface area contributed by atoms with Gasteiger partial charge in [-0.25, -0.2) is 0 Å². The Labute approximate surface area is 253 Å². The number of hydrogen-bond donors (Lipinski definition) is 3. The zero-order valence-corrected chi connectivity index (χ0v) is 26.4. The van der Waals surface area contributed by atoms with Crippen molar-refractivity contribution in [2.75, 3.05) is 0 Å². The third kappa shape index (κ3) is 3.36. The van der Waals surface area contributed by atoms with Crippen molar-refractivity contribution in [2.24, 2.45) is 28.6 Å². The smallest absolute Gasteiger partial charge is 0.206 e. The molecule has 3 N–H and O–H groups in total. The number of aryl methyl sites for hydroxylation is 2. The predicted octanol–water partition coefficient (Wildman–Crippen LogP) is 6.66. The summed E-state index contributed by atoms with van der Waals surface area (Å²) < 4.78 is 0. The van der Waals surface area contributed by atoms with Crippen LogP contribution < -0.4 is 0 Å². The van der Waals surface area contributed by atoms with Gasteiger partial charge < -0.3 is 15.3 Å². The van der Waals surface area contributed by atoms with Crippen LogP contribution in [0.1, 0.15) is 90.0 Å². The van der Waals surface area contributed by atoms with Crippen LogP contribution in [-0.4, -0.2) is 38.3 Å². The van der Waals surface area contributed by atoms with Crippen molar-refractivity contribution in [3.63, 3.8) is 0 Å². The second-order valence-electron chi connectivity index (χ2n) is 14.2. The van der Waals surface area contributed by atoms with Crippen LogP contribution in [-0.2, 0) is 27.2 Å². The lowest BCUT2D eigenvalue weighted by Gasteiger charge is -2.65. The van der Waals surface area contributed by atoms with Gasteiger partial charge in [-0.05, 0) is 79.0 Å². The van der Waals surface area contributed by atoms with E-state index in [-0.39, 0.29) is 34.3 Å². The average Bonchev–Trinajstić information content (AvgIpc) is 3.41. The Morgan fingerprint density at radius 1 is 0.977 bits per heavy atom. The molecule has 4 aliphatic rings. The fourth-order valence-corrected chi connectivity index (χ4v) is 9.85. The summed E-state index contributed by atoms with van der Waals surface area (Å²) in [4.78, 5) is 41.8. The van der Waals surface area contributed by atoms with Gasteiger partial charge in [-0.1, -0.05) is 77.4 Å². The van der Waals surface area contributed by atoms with Crippen LogP contribution in [0.25, 0.3) is 16.9 Å². The van der Waals surface area contributed by atoms with E-state index < -0.39 is 51.4 Å². The van der Waals surface area contributed by atoms with Crippen LogP contribution in [0.3, 0.4) is 0 Å². The number of benzene rings is 2. The topological polar surface area (TPSA) is 112 Å². The first-order valence-electron chi connectivity index (χ1n) is 15.5. The van der Waals surface area contributed by atoms with Crippen molar-refractivity contribution in [1.29, 1.82) is 0 Å². The van der Waals surface area contributed by atoms with Crippen molar-refractivity contribution < 1.29 is 29.7 Å². The number of ketones is 3. The van der Waals surface area contributed by atoms with Crippen molar-refractivity contribution >= 4 is 23.1 Å². The number of phenolic OH excluding ortho intramolecular Hbond substituents is 1. The molecule has 1 fully saturated rings. The molecule has 43 heavy (non-hydrogen) atoms. The third-order valence-corrected chi connectivity index (χ3v) is 12.2. The van der Waals surface area contributed by atoms with Crippen LogP contribution in [0.4, 0.5) is 0 Å². The second kappa shape index (κ2) is 9.25. The summed E-state index contributed by atoms with van der Waals surface area (Å²) in [5.41, 5.74) is 0.380. The normalized spacial score (nSPS) is 33.4. The molecule has 4 aliphatic carbocycles. The molecule has 6 atom stereocenters. The number of aliphatic hydroxyl groups excluding tert-OH is 1. The third-order valence-electron chi connectivity index (χ3n) is 12.2. The van der Waals surface area contributed by atoms with Crippen molar-refractivity contribution in [3.8, 4) is 16.9 Å². The number of rotatable bonds is 3. The van der Waals surface area contributed by atoms with Gasteiger partial charge in [-0.15, -0.1) is 0 Å². The number of aliphatic hydroxyl groups is 2. The lowest BCUT2D eigenvalue weighted by atomic mass is 9.37. The maximum atomic E-state index is 14.8. The Kier molecular flexibility index (Phi) is 6.36. The van der Waals surface area contributed by atoms with Crippen LogP contribution in [0, 0.1) is 28.6 Å². The second-order valence-corrected chi connectivity index (χ2v) is 14.2. The summed E-state index contributed by atoms with van der Waals surface area (Å²) in [5.74, 6) is -4.19. The average molecular weight is 583 g/mol. The molecule has 6 nitrogen and oxygen atoms in total. The van der Waals surface area contributed by atoms with Crippen LogP contribution in [0.2, 0.25) is 0 Å². The van der Waals surface area contributed by atoms with Crippen LogP contribution in [0.15, 0.2) is 47.1 Å². The minimum atomic E-state index is -2.56. The number of Topliss-reactive ketones (excluding diaryl/α,β-unsaturated/α-hetero) is 3. The largest absolute Gasteiger partial charge is 0.507 e. The first-order valence-corrected chi connectivity index (χ1v) is 15.5. The van der Waals surface area contributed by atoms with Gasteiger partial charge in [-0.3, -0.25) is 14.4 Å². The molecular formula is C37H42O6. The van der Waals surface area contributed by atoms with E-state index in [1.165, 1.54) is 18.1 Å². The van der Waals surface area contributed by atoms with E-state index in [9.17, 15) is 29.7 Å². The standard InChI is InChI=1S/C37H42O6/c1-17(2)29-18(3)27(20(5)38)33(41)37(43)34(42)30-32(40)28-25(19(4)35(30,7)21(6)36(29,37)8)14-15-26(31(28)39)24-13-12-22-10-9-11-23(22)16-24/h12-17,19,21,29,39-40,43H,9-11H2,1-8H3/t19-,21-,29+,35-,36-,37+/m0/s1. The summed E-state index contributed by atoms with van der Waals surface area (Å²) in [7, 11) is 0. The number of fused-ring (bicyclic) bond motifs is 4. The summed E-state index contributed by atoms with van der Waals surface area (Å²) >= 11 is 0. The molecular weight excluding hydrogens is 540 g/mol. The Balaban J connectivity index is 1.63. The molecule has 0 aromatic heterocycles. The highest BCUT2D eigenvalue weighted by atomic mass is 16.3. The molecule has 0 unspecified atom stereocenters. The van der Waals surface area contributed by atoms with E-state index in [4.69, 9.17) is 0 Å². The number of hydrogen-bond acceptors (Lipinski definition) is 6. The summed E-state index contributed by atoms with van der Waals surface area (Å²) in [6.45, 7) is 14.7. The molecule has 0 bridgehead atoms. The Morgan fingerprint density at radius 3 is 2.26 bits per heavy atom. The molecule has 6 rings (SSSR count). The SMILES string of the molecule is CC(=O)C1=C(C)[C@@H](C(C)C)[C@]2(C)[C@@H](C)[C@@]3(C)C(=C(O)c4c(ccc(-c5ccc6c(c5)CCC6)c4O)[C@@H]3C)C(=O)[C@]2(O)C1=O. The lowest BCUT2D eigenvalue weighted by Crippen LogP contribution is -2.74. The van der Waals surface area contributed by atoms with E-state index in [2.05, 4.69) is 12.1 Å². The van der Waals surface area contributed by atoms with Gasteiger partial charge in [-0.2, -0.15) is 0 Å². The first-order chi connectivity index (χ1) is 20.1. The number of aromatic hydroxyl groups is 1. The maximum absolute atomic E-state index is 14.8. The summed E-state index contributed by atoms with van der Waals surface area (Å²) in [5, 5.41) is 36.3. The molecule has 2 aromatic carbocycles. The van der Waals surface area contributed by atoms with E-state index >= 15 is 0 Å². The molecule has 0 radical (unpaired) electrons. The Morgan fingerprint density at radius 2 is 1.63 bits per heavy atom. The molecule has 0 saturated heterocycles. The van der Waals surface area contributed by atoms with Gasteiger partial charge in [0.05, 0.1) is 11.1 Å². The molecule has 0 spiro atoms. The van der Waals surface area contributed by atoms with Crippen LogP contribution >= 0.6 is 0 Å². The number of phenols is 1. The minimum Gasteiger partial charge on any atom is -0.507 e. The summed E-state index contributed by atoms with van der Waals surface area (Å²) in [6, 6.07) is 9.93. The zero-order valence-electron chi connectivity index (χ0n) is 26.4. The monoisotopic (exact) mass is 582 g/mol. The molecule has 1 saturated carbocycles. The number of carbonyl (C=O) groups is 3. The van der Waals surface area contributed by atoms with Gasteiger partial charge in [0.2, 0.25) is 11.6 Å². The van der Waals surface area contributed by atoms with Gasteiger partial charge in [0, 0.05) is 22.0 Å². The van der Waals surface area contributed by atoms with E-state index in [1.807, 2.05) is 52.8 Å². The predicted molar refractivity (Wildman–Crippen MR) is 166 cm³/mol. The summed E-state index contributed by atoms with van der Waals surface area (Å²) in [6.07, 6.45) is 3.11. The highest BCUT2D eigenvalue weighted by Crippen LogP contribution is 2.70. The molecule has 0 amide bonds. The highest BCUT2D eigenvalue weighted by Gasteiger charge is 2.75. The molecule has 6 heteroatoms. The Hall–Kier alpha value is -3.51. The van der Waals surface area contributed by atoms with E-state index in [0.717, 1.165) is 24.8 Å². The quantitative estimate of drug-likeness (QED) is 0.276. The minimum absolute atomic E-state index is 0.0558. The molecule has 0 heterocycles. The Bertz CT molecular complexity index is 1710. The van der Waals surface area contributed by atoms with Gasteiger partial charge >= 0.3 is 0 Å². The fraction of sp³-hybridized carbons (Fsp3) is 0.486. The van der Waals surface area contributed by atoms with Gasteiger partial charge in [0.1, 0.15) is 11.5 Å².